The molecule has 128 valence electrons. The molecule has 2 N–H and O–H groups in total. The van der Waals surface area contributed by atoms with Crippen LogP contribution in [0.5, 0.6) is 0 Å². The Balaban J connectivity index is 1.39. The number of hydrogen-bond donors (Lipinski definition) is 2. The quantitative estimate of drug-likeness (QED) is 0.758. The molecule has 0 unspecified atom stereocenters. The Labute approximate surface area is 145 Å². The molecule has 0 bridgehead atoms. The molecule has 1 aliphatic heterocycles. The van der Waals surface area contributed by atoms with Gasteiger partial charge in [-0.3, -0.25) is 4.79 Å². The van der Waals surface area contributed by atoms with E-state index < -0.39 is 0 Å². The normalized spacial score (nSPS) is 20.1. The van der Waals surface area contributed by atoms with Crippen molar-refractivity contribution in [3.8, 4) is 0 Å². The first-order valence-electron chi connectivity index (χ1n) is 8.44. The van der Waals surface area contributed by atoms with Crippen LogP contribution in [0.2, 0.25) is 0 Å². The van der Waals surface area contributed by atoms with Crippen LogP contribution >= 0.6 is 0 Å². The van der Waals surface area contributed by atoms with Crippen LogP contribution < -0.4 is 10.2 Å². The number of aromatic amines is 1. The van der Waals surface area contributed by atoms with Crippen molar-refractivity contribution in [2.45, 2.75) is 13.5 Å². The largest absolute Gasteiger partial charge is 0.356 e. The number of rotatable bonds is 4. The first-order chi connectivity index (χ1) is 12.2. The smallest absolute Gasteiger partial charge is 0.225 e. The fourth-order valence-corrected chi connectivity index (χ4v) is 3.32. The Morgan fingerprint density at radius 3 is 2.92 bits per heavy atom. The lowest BCUT2D eigenvalue weighted by atomic mass is 9.97. The summed E-state index contributed by atoms with van der Waals surface area (Å²) < 4.78 is 0. The van der Waals surface area contributed by atoms with Crippen LogP contribution in [-0.2, 0) is 11.3 Å². The molecule has 1 saturated heterocycles. The standard InChI is InChI=1S/C18H20N6O/c1-12-10-24(16-6-2-3-7-19-16)11-13(12)18(25)21-9-15-22-14-5-4-8-20-17(14)23-15/h2-8,12-13H,9-11H2,1H3,(H,21,25)(H,20,22,23)/t12-,13-/m1/s1. The summed E-state index contributed by atoms with van der Waals surface area (Å²) in [4.78, 5) is 30.9. The number of anilines is 1. The molecule has 0 radical (unpaired) electrons. The minimum atomic E-state index is -0.0514. The summed E-state index contributed by atoms with van der Waals surface area (Å²) in [6.45, 7) is 4.01. The first kappa shape index (κ1) is 15.6. The van der Waals surface area contributed by atoms with Crippen molar-refractivity contribution in [1.82, 2.24) is 25.3 Å². The summed E-state index contributed by atoms with van der Waals surface area (Å²) in [5.41, 5.74) is 1.55. The second-order valence-corrected chi connectivity index (χ2v) is 6.45. The van der Waals surface area contributed by atoms with Gasteiger partial charge in [0.2, 0.25) is 5.91 Å². The highest BCUT2D eigenvalue weighted by atomic mass is 16.2. The highest BCUT2D eigenvalue weighted by Crippen LogP contribution is 2.26. The second kappa shape index (κ2) is 6.51. The second-order valence-electron chi connectivity index (χ2n) is 6.45. The predicted octanol–water partition coefficient (Wildman–Crippen LogP) is 1.74. The summed E-state index contributed by atoms with van der Waals surface area (Å²) in [5, 5.41) is 3.00. The molecule has 0 aliphatic carbocycles. The third kappa shape index (κ3) is 3.17. The molecule has 0 saturated carbocycles. The van der Waals surface area contributed by atoms with Crippen molar-refractivity contribution >= 4 is 22.9 Å². The van der Waals surface area contributed by atoms with Gasteiger partial charge in [-0.1, -0.05) is 13.0 Å². The van der Waals surface area contributed by atoms with Crippen LogP contribution in [0.15, 0.2) is 42.7 Å². The van der Waals surface area contributed by atoms with Crippen molar-refractivity contribution in [3.05, 3.63) is 48.5 Å². The molecule has 4 rings (SSSR count). The molecule has 3 aromatic heterocycles. The van der Waals surface area contributed by atoms with Crippen molar-refractivity contribution < 1.29 is 4.79 Å². The maximum Gasteiger partial charge on any atom is 0.225 e. The summed E-state index contributed by atoms with van der Waals surface area (Å²) >= 11 is 0. The van der Waals surface area contributed by atoms with Gasteiger partial charge in [-0.25, -0.2) is 15.0 Å². The van der Waals surface area contributed by atoms with Crippen molar-refractivity contribution in [2.75, 3.05) is 18.0 Å². The Hall–Kier alpha value is -2.96. The zero-order valence-corrected chi connectivity index (χ0v) is 14.0. The van der Waals surface area contributed by atoms with E-state index in [1.54, 1.807) is 12.4 Å². The molecule has 25 heavy (non-hydrogen) atoms. The number of hydrogen-bond acceptors (Lipinski definition) is 5. The molecule has 1 aliphatic rings. The number of amides is 1. The molecule has 1 amide bonds. The number of fused-ring (bicyclic) bond motifs is 1. The molecule has 7 heteroatoms. The molecule has 0 spiro atoms. The molecule has 0 aromatic carbocycles. The fourth-order valence-electron chi connectivity index (χ4n) is 3.32. The monoisotopic (exact) mass is 336 g/mol. The minimum absolute atomic E-state index is 0.0514. The van der Waals surface area contributed by atoms with Crippen LogP contribution in [0.4, 0.5) is 5.82 Å². The van der Waals surface area contributed by atoms with Gasteiger partial charge in [0.1, 0.15) is 11.6 Å². The lowest BCUT2D eigenvalue weighted by Gasteiger charge is -2.16. The third-order valence-electron chi connectivity index (χ3n) is 4.66. The molecule has 1 fully saturated rings. The number of H-pyrrole nitrogens is 1. The van der Waals surface area contributed by atoms with E-state index >= 15 is 0 Å². The average molecular weight is 336 g/mol. The van der Waals surface area contributed by atoms with Crippen LogP contribution in [0.25, 0.3) is 11.2 Å². The lowest BCUT2D eigenvalue weighted by Crippen LogP contribution is -2.34. The Kier molecular flexibility index (Phi) is 4.05. The Morgan fingerprint density at radius 2 is 2.12 bits per heavy atom. The van der Waals surface area contributed by atoms with Gasteiger partial charge < -0.3 is 15.2 Å². The van der Waals surface area contributed by atoms with E-state index in [2.05, 4.69) is 37.1 Å². The van der Waals surface area contributed by atoms with E-state index in [9.17, 15) is 4.79 Å². The number of nitrogens with zero attached hydrogens (tertiary/aromatic N) is 4. The van der Waals surface area contributed by atoms with E-state index in [1.165, 1.54) is 0 Å². The maximum absolute atomic E-state index is 12.6. The number of aromatic nitrogens is 4. The van der Waals surface area contributed by atoms with Crippen LogP contribution in [-0.4, -0.2) is 38.9 Å². The van der Waals surface area contributed by atoms with Crippen LogP contribution in [0.1, 0.15) is 12.7 Å². The fraction of sp³-hybridized carbons (Fsp3) is 0.333. The zero-order valence-electron chi connectivity index (χ0n) is 14.0. The van der Waals surface area contributed by atoms with Gasteiger partial charge in [-0.2, -0.15) is 0 Å². The number of imidazole rings is 1. The van der Waals surface area contributed by atoms with Gasteiger partial charge in [0.05, 0.1) is 18.0 Å². The molecule has 2 atom stereocenters. The summed E-state index contributed by atoms with van der Waals surface area (Å²) in [6.07, 6.45) is 3.49. The third-order valence-corrected chi connectivity index (χ3v) is 4.66. The van der Waals surface area contributed by atoms with Crippen molar-refractivity contribution in [2.24, 2.45) is 11.8 Å². The number of carbonyl (C=O) groups excluding carboxylic acids is 1. The van der Waals surface area contributed by atoms with Gasteiger partial charge in [0, 0.05) is 25.5 Å². The minimum Gasteiger partial charge on any atom is -0.356 e. The van der Waals surface area contributed by atoms with E-state index in [4.69, 9.17) is 0 Å². The average Bonchev–Trinajstić information content (AvgIpc) is 3.23. The summed E-state index contributed by atoms with van der Waals surface area (Å²) in [6, 6.07) is 9.62. The topological polar surface area (TPSA) is 86.8 Å². The predicted molar refractivity (Wildman–Crippen MR) is 94.8 cm³/mol. The highest BCUT2D eigenvalue weighted by molar-refractivity contribution is 5.80. The summed E-state index contributed by atoms with van der Waals surface area (Å²) in [7, 11) is 0. The lowest BCUT2D eigenvalue weighted by molar-refractivity contribution is -0.125. The summed E-state index contributed by atoms with van der Waals surface area (Å²) in [5.74, 6) is 1.92. The van der Waals surface area contributed by atoms with E-state index in [-0.39, 0.29) is 17.7 Å². The highest BCUT2D eigenvalue weighted by Gasteiger charge is 2.35. The van der Waals surface area contributed by atoms with Crippen molar-refractivity contribution in [1.29, 1.82) is 0 Å². The SMILES string of the molecule is C[C@@H]1CN(c2ccccn2)C[C@H]1C(=O)NCc1nc2ncccc2[nH]1. The molecule has 7 nitrogen and oxygen atoms in total. The van der Waals surface area contributed by atoms with E-state index in [1.807, 2.05) is 30.3 Å². The van der Waals surface area contributed by atoms with Gasteiger partial charge in [0.25, 0.3) is 0 Å². The maximum atomic E-state index is 12.6. The molecule has 3 aromatic rings. The molecule has 4 heterocycles. The first-order valence-corrected chi connectivity index (χ1v) is 8.44. The Bertz CT molecular complexity index is 844. The van der Waals surface area contributed by atoms with Gasteiger partial charge >= 0.3 is 0 Å². The van der Waals surface area contributed by atoms with Crippen LogP contribution in [0.3, 0.4) is 0 Å². The number of pyridine rings is 2. The van der Waals surface area contributed by atoms with Crippen molar-refractivity contribution in [3.63, 3.8) is 0 Å². The van der Waals surface area contributed by atoms with E-state index in [0.717, 1.165) is 17.9 Å². The van der Waals surface area contributed by atoms with Gasteiger partial charge in [-0.05, 0) is 30.2 Å². The van der Waals surface area contributed by atoms with Gasteiger partial charge in [-0.15, -0.1) is 0 Å². The Morgan fingerprint density at radius 1 is 1.24 bits per heavy atom. The van der Waals surface area contributed by atoms with E-state index in [0.29, 0.717) is 24.6 Å². The van der Waals surface area contributed by atoms with Gasteiger partial charge in [0.15, 0.2) is 5.65 Å². The molecular formula is C18H20N6O. The number of nitrogens with one attached hydrogen (secondary N) is 2. The zero-order chi connectivity index (χ0) is 17.2. The number of carbonyl (C=O) groups is 1. The molecular weight excluding hydrogens is 316 g/mol. The van der Waals surface area contributed by atoms with Crippen LogP contribution in [0, 0.1) is 11.8 Å².